The number of thioether (sulfide) groups is 1. The van der Waals surface area contributed by atoms with Crippen molar-refractivity contribution >= 4 is 17.7 Å². The maximum Gasteiger partial charge on any atom is 0.321 e. The molecule has 1 heterocycles. The Kier molecular flexibility index (Phi) is 3.78. The van der Waals surface area contributed by atoms with E-state index in [0.29, 0.717) is 5.75 Å². The SMILES string of the molecule is CC(C)(C)N1[C@@H](c2ccc(O)cc2)SC[C@H]1C(=O)O. The molecule has 0 unspecified atom stereocenters. The molecule has 104 valence electrons. The molecule has 2 rings (SSSR count). The Morgan fingerprint density at radius 3 is 2.37 bits per heavy atom. The third kappa shape index (κ3) is 2.87. The number of aliphatic carboxylic acids is 1. The summed E-state index contributed by atoms with van der Waals surface area (Å²) in [6.45, 7) is 6.09. The predicted octanol–water partition coefficient (Wildman–Crippen LogP) is 2.69. The lowest BCUT2D eigenvalue weighted by molar-refractivity contribution is -0.144. The molecule has 1 fully saturated rings. The number of carbonyl (C=O) groups is 1. The summed E-state index contributed by atoms with van der Waals surface area (Å²) in [7, 11) is 0. The molecule has 1 aliphatic heterocycles. The van der Waals surface area contributed by atoms with Crippen LogP contribution in [0.3, 0.4) is 0 Å². The molecule has 4 nitrogen and oxygen atoms in total. The molecule has 0 bridgehead atoms. The lowest BCUT2D eigenvalue weighted by Crippen LogP contribution is -2.49. The number of hydrogen-bond donors (Lipinski definition) is 2. The Balaban J connectivity index is 2.34. The highest BCUT2D eigenvalue weighted by Crippen LogP contribution is 2.45. The van der Waals surface area contributed by atoms with Crippen molar-refractivity contribution in [3.8, 4) is 5.75 Å². The molecule has 19 heavy (non-hydrogen) atoms. The van der Waals surface area contributed by atoms with Crippen LogP contribution in [-0.2, 0) is 4.79 Å². The molecule has 0 amide bonds. The standard InChI is InChI=1S/C14H19NO3S/c1-14(2,3)15-11(13(17)18)8-19-12(15)9-4-6-10(16)7-5-9/h4-7,11-12,16H,8H2,1-3H3,(H,17,18)/t11-,12+/m0/s1. The Morgan fingerprint density at radius 1 is 1.32 bits per heavy atom. The van der Waals surface area contributed by atoms with Crippen LogP contribution in [-0.4, -0.2) is 38.4 Å². The molecule has 0 saturated carbocycles. The average Bonchev–Trinajstić information content (AvgIpc) is 2.74. The van der Waals surface area contributed by atoms with Crippen LogP contribution in [0.2, 0.25) is 0 Å². The average molecular weight is 281 g/mol. The first-order valence-corrected chi connectivity index (χ1v) is 7.27. The minimum Gasteiger partial charge on any atom is -0.508 e. The topological polar surface area (TPSA) is 60.8 Å². The van der Waals surface area contributed by atoms with Crippen LogP contribution < -0.4 is 0 Å². The van der Waals surface area contributed by atoms with Crippen molar-refractivity contribution in [2.45, 2.75) is 37.7 Å². The van der Waals surface area contributed by atoms with Crippen molar-refractivity contribution in [2.75, 3.05) is 5.75 Å². The second kappa shape index (κ2) is 5.06. The van der Waals surface area contributed by atoms with Gasteiger partial charge >= 0.3 is 5.97 Å². The molecule has 0 aromatic heterocycles. The first-order valence-electron chi connectivity index (χ1n) is 6.22. The zero-order chi connectivity index (χ0) is 14.2. The molecule has 0 aliphatic carbocycles. The lowest BCUT2D eigenvalue weighted by atomic mass is 10.0. The van der Waals surface area contributed by atoms with E-state index in [1.807, 2.05) is 37.8 Å². The molecule has 1 aromatic carbocycles. The minimum absolute atomic E-state index is 0.0155. The summed E-state index contributed by atoms with van der Waals surface area (Å²) in [4.78, 5) is 13.4. The second-order valence-electron chi connectivity index (χ2n) is 5.71. The Labute approximate surface area is 117 Å². The van der Waals surface area contributed by atoms with Gasteiger partial charge < -0.3 is 10.2 Å². The van der Waals surface area contributed by atoms with Gasteiger partial charge in [0, 0.05) is 11.3 Å². The van der Waals surface area contributed by atoms with Gasteiger partial charge in [-0.2, -0.15) is 0 Å². The molecule has 1 aromatic rings. The predicted molar refractivity (Wildman–Crippen MR) is 76.3 cm³/mol. The molecule has 1 aliphatic rings. The van der Waals surface area contributed by atoms with Crippen molar-refractivity contribution in [2.24, 2.45) is 0 Å². The van der Waals surface area contributed by atoms with Crippen LogP contribution in [0.25, 0.3) is 0 Å². The number of rotatable bonds is 2. The number of benzene rings is 1. The number of carboxylic acid groups (broad SMARTS) is 1. The van der Waals surface area contributed by atoms with Gasteiger partial charge in [0.05, 0.1) is 5.37 Å². The van der Waals surface area contributed by atoms with E-state index in [2.05, 4.69) is 0 Å². The summed E-state index contributed by atoms with van der Waals surface area (Å²) >= 11 is 1.64. The summed E-state index contributed by atoms with van der Waals surface area (Å²) in [5, 5.41) is 18.7. The van der Waals surface area contributed by atoms with Gasteiger partial charge in [-0.3, -0.25) is 9.69 Å². The normalized spacial score (nSPS) is 24.6. The van der Waals surface area contributed by atoms with E-state index in [0.717, 1.165) is 5.56 Å². The van der Waals surface area contributed by atoms with Gasteiger partial charge in [-0.05, 0) is 38.5 Å². The molecular formula is C14H19NO3S. The molecule has 1 saturated heterocycles. The van der Waals surface area contributed by atoms with Crippen LogP contribution in [0.1, 0.15) is 31.7 Å². The molecule has 0 radical (unpaired) electrons. The zero-order valence-corrected chi connectivity index (χ0v) is 12.1. The molecule has 2 N–H and O–H groups in total. The number of nitrogens with zero attached hydrogens (tertiary/aromatic N) is 1. The fourth-order valence-corrected chi connectivity index (χ4v) is 4.05. The summed E-state index contributed by atoms with van der Waals surface area (Å²) in [6, 6.07) is 6.53. The number of phenols is 1. The molecule has 5 heteroatoms. The summed E-state index contributed by atoms with van der Waals surface area (Å²) in [5.41, 5.74) is 0.802. The maximum atomic E-state index is 11.4. The Hall–Kier alpha value is -1.20. The highest BCUT2D eigenvalue weighted by molar-refractivity contribution is 7.99. The maximum absolute atomic E-state index is 11.4. The van der Waals surface area contributed by atoms with E-state index in [9.17, 15) is 15.0 Å². The van der Waals surface area contributed by atoms with Crippen molar-refractivity contribution in [3.05, 3.63) is 29.8 Å². The number of aromatic hydroxyl groups is 1. The van der Waals surface area contributed by atoms with Crippen molar-refractivity contribution < 1.29 is 15.0 Å². The summed E-state index contributed by atoms with van der Waals surface area (Å²) < 4.78 is 0. The summed E-state index contributed by atoms with van der Waals surface area (Å²) in [6.07, 6.45) is 0. The van der Waals surface area contributed by atoms with Crippen molar-refractivity contribution in [3.63, 3.8) is 0 Å². The zero-order valence-electron chi connectivity index (χ0n) is 11.3. The van der Waals surface area contributed by atoms with Gasteiger partial charge in [0.25, 0.3) is 0 Å². The van der Waals surface area contributed by atoms with Gasteiger partial charge in [0.15, 0.2) is 0 Å². The van der Waals surface area contributed by atoms with Gasteiger partial charge in [0.1, 0.15) is 11.8 Å². The van der Waals surface area contributed by atoms with Crippen LogP contribution in [0.15, 0.2) is 24.3 Å². The van der Waals surface area contributed by atoms with Gasteiger partial charge in [0.2, 0.25) is 0 Å². The van der Waals surface area contributed by atoms with Crippen LogP contribution in [0, 0.1) is 0 Å². The Morgan fingerprint density at radius 2 is 1.89 bits per heavy atom. The number of carboxylic acids is 1. The smallest absolute Gasteiger partial charge is 0.321 e. The lowest BCUT2D eigenvalue weighted by Gasteiger charge is -2.39. The third-order valence-electron chi connectivity index (χ3n) is 3.24. The highest BCUT2D eigenvalue weighted by atomic mass is 32.2. The Bertz CT molecular complexity index is 467. The largest absolute Gasteiger partial charge is 0.508 e. The first-order chi connectivity index (χ1) is 8.80. The minimum atomic E-state index is -0.774. The van der Waals surface area contributed by atoms with Crippen LogP contribution in [0.4, 0.5) is 0 Å². The van der Waals surface area contributed by atoms with E-state index in [1.165, 1.54) is 0 Å². The number of hydrogen-bond acceptors (Lipinski definition) is 4. The summed E-state index contributed by atoms with van der Waals surface area (Å²) in [5.74, 6) is 0.0329. The quantitative estimate of drug-likeness (QED) is 0.872. The fourth-order valence-electron chi connectivity index (χ4n) is 2.41. The fraction of sp³-hybridized carbons (Fsp3) is 0.500. The van der Waals surface area contributed by atoms with E-state index in [-0.39, 0.29) is 16.7 Å². The van der Waals surface area contributed by atoms with Crippen molar-refractivity contribution in [1.29, 1.82) is 0 Å². The monoisotopic (exact) mass is 281 g/mol. The van der Waals surface area contributed by atoms with Gasteiger partial charge in [-0.15, -0.1) is 11.8 Å². The highest BCUT2D eigenvalue weighted by Gasteiger charge is 2.44. The van der Waals surface area contributed by atoms with E-state index >= 15 is 0 Å². The molecular weight excluding hydrogens is 262 g/mol. The van der Waals surface area contributed by atoms with Crippen LogP contribution >= 0.6 is 11.8 Å². The first kappa shape index (κ1) is 14.2. The molecule has 2 atom stereocenters. The molecule has 0 spiro atoms. The third-order valence-corrected chi connectivity index (χ3v) is 4.56. The van der Waals surface area contributed by atoms with E-state index in [4.69, 9.17) is 0 Å². The van der Waals surface area contributed by atoms with E-state index < -0.39 is 12.0 Å². The second-order valence-corrected chi connectivity index (χ2v) is 6.82. The number of phenolic OH excluding ortho intramolecular Hbond substituents is 1. The van der Waals surface area contributed by atoms with Gasteiger partial charge in [-0.25, -0.2) is 0 Å². The van der Waals surface area contributed by atoms with Gasteiger partial charge in [-0.1, -0.05) is 12.1 Å². The van der Waals surface area contributed by atoms with Crippen molar-refractivity contribution in [1.82, 2.24) is 4.90 Å². The van der Waals surface area contributed by atoms with Crippen LogP contribution in [0.5, 0.6) is 5.75 Å². The van der Waals surface area contributed by atoms with E-state index in [1.54, 1.807) is 23.9 Å².